The van der Waals surface area contributed by atoms with Gasteiger partial charge in [-0.25, -0.2) is 4.79 Å². The minimum atomic E-state index is -0.665. The Bertz CT molecular complexity index is 1060. The minimum absolute atomic E-state index is 0.0238. The number of amides is 1. The lowest BCUT2D eigenvalue weighted by molar-refractivity contribution is 0.0990. The van der Waals surface area contributed by atoms with Crippen molar-refractivity contribution in [3.8, 4) is 0 Å². The van der Waals surface area contributed by atoms with Crippen LogP contribution in [-0.4, -0.2) is 22.5 Å². The summed E-state index contributed by atoms with van der Waals surface area (Å²) in [7, 11) is 1.57. The predicted octanol–water partition coefficient (Wildman–Crippen LogP) is 2.51. The number of carbonyl (C=O) groups excluding carboxylic acids is 1. The first-order valence-corrected chi connectivity index (χ1v) is 8.26. The number of aromatic nitrogens is 2. The van der Waals surface area contributed by atoms with Gasteiger partial charge in [-0.2, -0.15) is 0 Å². The maximum Gasteiger partial charge on any atom is 0.328 e. The average Bonchev–Trinajstić information content (AvgIpc) is 2.66. The highest BCUT2D eigenvalue weighted by atomic mass is 35.5. The highest BCUT2D eigenvalue weighted by molar-refractivity contribution is 6.31. The quantitative estimate of drug-likeness (QED) is 0.767. The highest BCUT2D eigenvalue weighted by Crippen LogP contribution is 2.15. The summed E-state index contributed by atoms with van der Waals surface area (Å²) in [6.07, 6.45) is 1.15. The van der Waals surface area contributed by atoms with Gasteiger partial charge >= 0.3 is 5.69 Å². The van der Waals surface area contributed by atoms with Gasteiger partial charge in [0.15, 0.2) is 0 Å². The Balaban J connectivity index is 2.00. The maximum atomic E-state index is 12.7. The van der Waals surface area contributed by atoms with E-state index in [2.05, 4.69) is 4.98 Å². The third-order valence-corrected chi connectivity index (χ3v) is 4.39. The summed E-state index contributed by atoms with van der Waals surface area (Å²) in [4.78, 5) is 41.4. The standard InChI is InChI=1S/C19H16ClN3O3/c1-22(14-8-3-2-4-9-14)17(24)15-11-21-19(26)23(18(15)25)12-13-7-5-6-10-16(13)20/h2-11H,12H2,1H3,(H,21,26). The van der Waals surface area contributed by atoms with Gasteiger partial charge in [-0.15, -0.1) is 0 Å². The van der Waals surface area contributed by atoms with Gasteiger partial charge < -0.3 is 9.88 Å². The fourth-order valence-corrected chi connectivity index (χ4v) is 2.75. The summed E-state index contributed by atoms with van der Waals surface area (Å²) in [6, 6.07) is 15.8. The Morgan fingerprint density at radius 3 is 2.42 bits per heavy atom. The Kier molecular flexibility index (Phi) is 5.04. The minimum Gasteiger partial charge on any atom is -0.313 e. The molecule has 7 heteroatoms. The Morgan fingerprint density at radius 2 is 1.73 bits per heavy atom. The second-order valence-electron chi connectivity index (χ2n) is 5.69. The number of nitrogens with one attached hydrogen (secondary N) is 1. The van der Waals surface area contributed by atoms with Gasteiger partial charge in [-0.05, 0) is 23.8 Å². The normalized spacial score (nSPS) is 10.5. The Morgan fingerprint density at radius 1 is 1.08 bits per heavy atom. The molecule has 6 nitrogen and oxygen atoms in total. The zero-order valence-electron chi connectivity index (χ0n) is 14.0. The molecule has 3 rings (SSSR count). The first kappa shape index (κ1) is 17.7. The molecule has 0 bridgehead atoms. The lowest BCUT2D eigenvalue weighted by Gasteiger charge is -2.17. The number of hydrogen-bond donors (Lipinski definition) is 1. The topological polar surface area (TPSA) is 75.2 Å². The third-order valence-electron chi connectivity index (χ3n) is 4.03. The molecule has 2 aromatic carbocycles. The van der Waals surface area contributed by atoms with E-state index < -0.39 is 17.2 Å². The molecule has 3 aromatic rings. The molecular weight excluding hydrogens is 354 g/mol. The van der Waals surface area contributed by atoms with E-state index in [1.165, 1.54) is 4.90 Å². The first-order valence-electron chi connectivity index (χ1n) is 7.88. The summed E-state index contributed by atoms with van der Waals surface area (Å²) in [5.41, 5.74) is -0.137. The Labute approximate surface area is 154 Å². The number of halogens is 1. The van der Waals surface area contributed by atoms with Crippen molar-refractivity contribution >= 4 is 23.2 Å². The molecule has 1 amide bonds. The molecule has 1 aromatic heterocycles. The van der Waals surface area contributed by atoms with E-state index in [1.807, 2.05) is 6.07 Å². The van der Waals surface area contributed by atoms with Gasteiger partial charge in [-0.3, -0.25) is 14.2 Å². The number of carbonyl (C=O) groups is 1. The molecule has 1 heterocycles. The largest absolute Gasteiger partial charge is 0.328 e. The molecule has 0 aliphatic carbocycles. The summed E-state index contributed by atoms with van der Waals surface area (Å²) in [6.45, 7) is -0.0238. The number of benzene rings is 2. The van der Waals surface area contributed by atoms with Crippen LogP contribution >= 0.6 is 11.6 Å². The number of nitrogens with zero attached hydrogens (tertiary/aromatic N) is 2. The number of aromatic amines is 1. The van der Waals surface area contributed by atoms with Crippen molar-refractivity contribution < 1.29 is 4.79 Å². The predicted molar refractivity (Wildman–Crippen MR) is 101 cm³/mol. The molecule has 0 saturated heterocycles. The zero-order valence-corrected chi connectivity index (χ0v) is 14.7. The van der Waals surface area contributed by atoms with Crippen LogP contribution in [0.25, 0.3) is 0 Å². The van der Waals surface area contributed by atoms with Crippen LogP contribution in [0.15, 0.2) is 70.4 Å². The van der Waals surface area contributed by atoms with Crippen LogP contribution in [-0.2, 0) is 6.54 Å². The van der Waals surface area contributed by atoms with E-state index in [0.717, 1.165) is 10.8 Å². The van der Waals surface area contributed by atoms with Crippen LogP contribution < -0.4 is 16.1 Å². The SMILES string of the molecule is CN(C(=O)c1c[nH]c(=O)n(Cc2ccccc2Cl)c1=O)c1ccccc1. The van der Waals surface area contributed by atoms with Gasteiger partial charge in [0.2, 0.25) is 0 Å². The van der Waals surface area contributed by atoms with Gasteiger partial charge in [0.25, 0.3) is 11.5 Å². The maximum absolute atomic E-state index is 12.7. The summed E-state index contributed by atoms with van der Waals surface area (Å²) in [5, 5.41) is 0.442. The number of hydrogen-bond acceptors (Lipinski definition) is 3. The van der Waals surface area contributed by atoms with E-state index in [-0.39, 0.29) is 12.1 Å². The molecule has 0 fully saturated rings. The van der Waals surface area contributed by atoms with Crippen LogP contribution in [0, 0.1) is 0 Å². The molecule has 0 radical (unpaired) electrons. The van der Waals surface area contributed by atoms with E-state index in [4.69, 9.17) is 11.6 Å². The van der Waals surface area contributed by atoms with Crippen molar-refractivity contribution in [2.24, 2.45) is 0 Å². The van der Waals surface area contributed by atoms with Gasteiger partial charge in [0, 0.05) is 24.0 Å². The van der Waals surface area contributed by atoms with E-state index in [9.17, 15) is 14.4 Å². The van der Waals surface area contributed by atoms with Crippen molar-refractivity contribution in [3.63, 3.8) is 0 Å². The average molecular weight is 370 g/mol. The highest BCUT2D eigenvalue weighted by Gasteiger charge is 2.19. The lowest BCUT2D eigenvalue weighted by Crippen LogP contribution is -2.41. The van der Waals surface area contributed by atoms with Crippen LogP contribution in [0.5, 0.6) is 0 Å². The van der Waals surface area contributed by atoms with Crippen molar-refractivity contribution in [2.75, 3.05) is 11.9 Å². The van der Waals surface area contributed by atoms with Gasteiger partial charge in [0.1, 0.15) is 5.56 Å². The summed E-state index contributed by atoms with van der Waals surface area (Å²) >= 11 is 6.11. The number of para-hydroxylation sites is 1. The van der Waals surface area contributed by atoms with Crippen molar-refractivity contribution in [3.05, 3.63) is 97.8 Å². The molecule has 132 valence electrons. The van der Waals surface area contributed by atoms with E-state index in [0.29, 0.717) is 16.3 Å². The summed E-state index contributed by atoms with van der Waals surface area (Å²) in [5.74, 6) is -0.509. The molecule has 0 aliphatic heterocycles. The fourth-order valence-electron chi connectivity index (χ4n) is 2.55. The molecule has 0 atom stereocenters. The molecule has 0 spiro atoms. The van der Waals surface area contributed by atoms with Crippen LogP contribution in [0.1, 0.15) is 15.9 Å². The lowest BCUT2D eigenvalue weighted by atomic mass is 10.2. The Hall–Kier alpha value is -3.12. The van der Waals surface area contributed by atoms with Crippen molar-refractivity contribution in [2.45, 2.75) is 6.54 Å². The first-order chi connectivity index (χ1) is 12.5. The monoisotopic (exact) mass is 369 g/mol. The smallest absolute Gasteiger partial charge is 0.313 e. The van der Waals surface area contributed by atoms with Crippen LogP contribution in [0.2, 0.25) is 5.02 Å². The van der Waals surface area contributed by atoms with Crippen molar-refractivity contribution in [1.29, 1.82) is 0 Å². The molecule has 0 saturated carbocycles. The van der Waals surface area contributed by atoms with E-state index in [1.54, 1.807) is 55.6 Å². The zero-order chi connectivity index (χ0) is 18.7. The summed E-state index contributed by atoms with van der Waals surface area (Å²) < 4.78 is 0.966. The second kappa shape index (κ2) is 7.41. The van der Waals surface area contributed by atoms with Crippen LogP contribution in [0.4, 0.5) is 5.69 Å². The van der Waals surface area contributed by atoms with Crippen molar-refractivity contribution in [1.82, 2.24) is 9.55 Å². The molecule has 0 aliphatic rings. The number of anilines is 1. The molecular formula is C19H16ClN3O3. The number of H-pyrrole nitrogens is 1. The van der Waals surface area contributed by atoms with Gasteiger partial charge in [0.05, 0.1) is 6.54 Å². The fraction of sp³-hybridized carbons (Fsp3) is 0.105. The van der Waals surface area contributed by atoms with Crippen LogP contribution in [0.3, 0.4) is 0 Å². The third kappa shape index (κ3) is 3.45. The molecule has 1 N–H and O–H groups in total. The van der Waals surface area contributed by atoms with Gasteiger partial charge in [-0.1, -0.05) is 48.0 Å². The molecule has 0 unspecified atom stereocenters. The molecule has 26 heavy (non-hydrogen) atoms. The number of rotatable bonds is 4. The van der Waals surface area contributed by atoms with E-state index >= 15 is 0 Å². The second-order valence-corrected chi connectivity index (χ2v) is 6.10.